The predicted octanol–water partition coefficient (Wildman–Crippen LogP) is 3.03. The molecule has 1 rings (SSSR count). The fraction of sp³-hybridized carbons (Fsp3) is 0.375. The van der Waals surface area contributed by atoms with Crippen LogP contribution in [0.1, 0.15) is 17.7 Å². The van der Waals surface area contributed by atoms with Gasteiger partial charge >= 0.3 is 6.36 Å². The Labute approximate surface area is 97.3 Å². The van der Waals surface area contributed by atoms with Gasteiger partial charge in [-0.15, -0.1) is 13.2 Å². The molecule has 0 radical (unpaired) electrons. The van der Waals surface area contributed by atoms with Crippen molar-refractivity contribution in [2.75, 3.05) is 0 Å². The van der Waals surface area contributed by atoms with Crippen molar-refractivity contribution in [3.63, 3.8) is 0 Å². The lowest BCUT2D eigenvalue weighted by Gasteiger charge is -2.12. The van der Waals surface area contributed by atoms with Gasteiger partial charge in [-0.1, -0.05) is 11.6 Å². The quantitative estimate of drug-likeness (QED) is 0.863. The molecule has 0 spiro atoms. The molecule has 1 aromatic heterocycles. The summed E-state index contributed by atoms with van der Waals surface area (Å²) >= 11 is 5.41. The van der Waals surface area contributed by atoms with Crippen molar-refractivity contribution in [3.05, 3.63) is 22.3 Å². The van der Waals surface area contributed by atoms with Gasteiger partial charge in [-0.25, -0.2) is 13.8 Å². The van der Waals surface area contributed by atoms with Crippen LogP contribution in [0.5, 0.6) is 5.88 Å². The molecule has 9 heteroatoms. The first kappa shape index (κ1) is 13.9. The van der Waals surface area contributed by atoms with Gasteiger partial charge in [0.1, 0.15) is 0 Å². The zero-order valence-electron chi connectivity index (χ0n) is 8.06. The average Bonchev–Trinajstić information content (AvgIpc) is 2.12. The van der Waals surface area contributed by atoms with Crippen LogP contribution in [-0.2, 0) is 6.54 Å². The summed E-state index contributed by atoms with van der Waals surface area (Å²) in [6, 6.07) is 0.565. The maximum atomic E-state index is 12.5. The van der Waals surface area contributed by atoms with Gasteiger partial charge in [0.15, 0.2) is 0 Å². The van der Waals surface area contributed by atoms with Crippen molar-refractivity contribution in [1.82, 2.24) is 4.98 Å². The number of alkyl halides is 5. The van der Waals surface area contributed by atoms with E-state index < -0.39 is 41.5 Å². The summed E-state index contributed by atoms with van der Waals surface area (Å²) in [4.78, 5) is 3.23. The fourth-order valence-electron chi connectivity index (χ4n) is 1.11. The van der Waals surface area contributed by atoms with Crippen LogP contribution >= 0.6 is 11.6 Å². The van der Waals surface area contributed by atoms with Crippen LogP contribution in [0.2, 0.25) is 5.02 Å². The van der Waals surface area contributed by atoms with Gasteiger partial charge in [-0.05, 0) is 0 Å². The van der Waals surface area contributed by atoms with Gasteiger partial charge < -0.3 is 10.5 Å². The summed E-state index contributed by atoms with van der Waals surface area (Å²) < 4.78 is 64.1. The molecule has 1 heterocycles. The molecule has 0 fully saturated rings. The Hall–Kier alpha value is -1.15. The molecule has 0 amide bonds. The van der Waals surface area contributed by atoms with Crippen molar-refractivity contribution < 1.29 is 26.7 Å². The Morgan fingerprint density at radius 3 is 2.41 bits per heavy atom. The molecule has 17 heavy (non-hydrogen) atoms. The lowest BCUT2D eigenvalue weighted by Crippen LogP contribution is -2.19. The topological polar surface area (TPSA) is 48.1 Å². The highest BCUT2D eigenvalue weighted by Crippen LogP contribution is 2.33. The van der Waals surface area contributed by atoms with E-state index >= 15 is 0 Å². The van der Waals surface area contributed by atoms with Gasteiger partial charge in [0.05, 0.1) is 16.3 Å². The van der Waals surface area contributed by atoms with Crippen molar-refractivity contribution in [2.24, 2.45) is 5.73 Å². The van der Waals surface area contributed by atoms with Crippen LogP contribution < -0.4 is 10.5 Å². The predicted molar refractivity (Wildman–Crippen MR) is 48.8 cm³/mol. The number of hydrogen-bond acceptors (Lipinski definition) is 3. The zero-order chi connectivity index (χ0) is 13.2. The van der Waals surface area contributed by atoms with Crippen LogP contribution in [0, 0.1) is 0 Å². The summed E-state index contributed by atoms with van der Waals surface area (Å²) in [5.74, 6) is -0.924. The van der Waals surface area contributed by atoms with Gasteiger partial charge in [0, 0.05) is 12.6 Å². The summed E-state index contributed by atoms with van der Waals surface area (Å²) in [6.45, 7) is -0.478. The molecule has 0 bridgehead atoms. The molecule has 0 aliphatic carbocycles. The molecule has 0 saturated heterocycles. The number of hydrogen-bond donors (Lipinski definition) is 1. The van der Waals surface area contributed by atoms with E-state index in [1.807, 2.05) is 0 Å². The Bertz CT molecular complexity index is 410. The largest absolute Gasteiger partial charge is 0.574 e. The maximum Gasteiger partial charge on any atom is 0.574 e. The molecule has 2 N–H and O–H groups in total. The van der Waals surface area contributed by atoms with E-state index in [4.69, 9.17) is 17.3 Å². The van der Waals surface area contributed by atoms with E-state index in [9.17, 15) is 22.0 Å². The Morgan fingerprint density at radius 2 is 2.00 bits per heavy atom. The second kappa shape index (κ2) is 5.01. The lowest BCUT2D eigenvalue weighted by molar-refractivity contribution is -0.276. The number of nitrogens with zero attached hydrogens (tertiary/aromatic N) is 1. The highest BCUT2D eigenvalue weighted by atomic mass is 35.5. The zero-order valence-corrected chi connectivity index (χ0v) is 8.82. The highest BCUT2D eigenvalue weighted by Gasteiger charge is 2.32. The summed E-state index contributed by atoms with van der Waals surface area (Å²) in [7, 11) is 0. The molecule has 3 nitrogen and oxygen atoms in total. The second-order valence-electron chi connectivity index (χ2n) is 2.86. The Kier molecular flexibility index (Phi) is 4.10. The first-order valence-corrected chi connectivity index (χ1v) is 4.55. The number of nitrogens with two attached hydrogens (primary N) is 1. The van der Waals surface area contributed by atoms with Gasteiger partial charge in [-0.3, -0.25) is 0 Å². The monoisotopic (exact) mass is 276 g/mol. The van der Waals surface area contributed by atoms with E-state index in [1.54, 1.807) is 0 Å². The van der Waals surface area contributed by atoms with E-state index in [-0.39, 0.29) is 0 Å². The normalized spacial score (nSPS) is 12.0. The SMILES string of the molecule is NCc1nc(OC(F)(F)F)cc(Cl)c1C(F)F. The summed E-state index contributed by atoms with van der Waals surface area (Å²) in [5, 5.41) is -0.574. The van der Waals surface area contributed by atoms with Crippen LogP contribution in [0.15, 0.2) is 6.07 Å². The van der Waals surface area contributed by atoms with E-state index in [2.05, 4.69) is 9.72 Å². The Morgan fingerprint density at radius 1 is 1.41 bits per heavy atom. The smallest absolute Gasteiger partial charge is 0.388 e. The molecular formula is C8H6ClF5N2O. The third-order valence-electron chi connectivity index (χ3n) is 1.70. The van der Waals surface area contributed by atoms with Crippen molar-refractivity contribution in [1.29, 1.82) is 0 Å². The third-order valence-corrected chi connectivity index (χ3v) is 2.01. The molecule has 0 atom stereocenters. The Balaban J connectivity index is 3.18. The molecule has 96 valence electrons. The highest BCUT2D eigenvalue weighted by molar-refractivity contribution is 6.31. The van der Waals surface area contributed by atoms with Gasteiger partial charge in [0.25, 0.3) is 6.43 Å². The van der Waals surface area contributed by atoms with Crippen molar-refractivity contribution >= 4 is 11.6 Å². The third kappa shape index (κ3) is 3.67. The van der Waals surface area contributed by atoms with Crippen LogP contribution in [0.25, 0.3) is 0 Å². The summed E-state index contributed by atoms with van der Waals surface area (Å²) in [6.07, 6.45) is -7.96. The minimum atomic E-state index is -4.98. The number of pyridine rings is 1. The van der Waals surface area contributed by atoms with Gasteiger partial charge in [0.2, 0.25) is 5.88 Å². The molecular weight excluding hydrogens is 271 g/mol. The molecule has 0 unspecified atom stereocenters. The molecule has 1 aromatic rings. The number of halogens is 6. The summed E-state index contributed by atoms with van der Waals surface area (Å²) in [5.41, 5.74) is 3.97. The second-order valence-corrected chi connectivity index (χ2v) is 3.26. The molecule has 0 aliphatic heterocycles. The van der Waals surface area contributed by atoms with Crippen molar-refractivity contribution in [3.8, 4) is 5.88 Å². The van der Waals surface area contributed by atoms with Crippen LogP contribution in [-0.4, -0.2) is 11.3 Å². The minimum absolute atomic E-state index is 0.438. The van der Waals surface area contributed by atoms with E-state index in [0.29, 0.717) is 6.07 Å². The fourth-order valence-corrected chi connectivity index (χ4v) is 1.39. The first-order chi connectivity index (χ1) is 7.74. The van der Waals surface area contributed by atoms with Crippen molar-refractivity contribution in [2.45, 2.75) is 19.3 Å². The van der Waals surface area contributed by atoms with Gasteiger partial charge in [-0.2, -0.15) is 0 Å². The van der Waals surface area contributed by atoms with Crippen LogP contribution in [0.4, 0.5) is 22.0 Å². The molecule has 0 saturated carbocycles. The standard InChI is InChI=1S/C8H6ClF5N2O/c9-3-1-5(17-8(12,13)14)16-4(2-15)6(3)7(10)11/h1,7H,2,15H2. The van der Waals surface area contributed by atoms with E-state index in [0.717, 1.165) is 0 Å². The average molecular weight is 277 g/mol. The van der Waals surface area contributed by atoms with E-state index in [1.165, 1.54) is 0 Å². The molecule has 0 aliphatic rings. The van der Waals surface area contributed by atoms with Crippen LogP contribution in [0.3, 0.4) is 0 Å². The maximum absolute atomic E-state index is 12.5. The number of ether oxygens (including phenoxy) is 1. The first-order valence-electron chi connectivity index (χ1n) is 4.18. The lowest BCUT2D eigenvalue weighted by atomic mass is 10.2. The minimum Gasteiger partial charge on any atom is -0.388 e. The number of rotatable bonds is 3. The number of aromatic nitrogens is 1. The molecule has 0 aromatic carbocycles.